The summed E-state index contributed by atoms with van der Waals surface area (Å²) in [7, 11) is 0. The van der Waals surface area contributed by atoms with Crippen LogP contribution in [0.1, 0.15) is 0 Å². The van der Waals surface area contributed by atoms with Crippen LogP contribution in [-0.2, 0) is 0 Å². The van der Waals surface area contributed by atoms with Crippen molar-refractivity contribution in [2.45, 2.75) is 0 Å². The minimum absolute atomic E-state index is 0.848. The summed E-state index contributed by atoms with van der Waals surface area (Å²) < 4.78 is 0. The van der Waals surface area contributed by atoms with Gasteiger partial charge in [-0.3, -0.25) is 5.01 Å². The Balaban J connectivity index is 2.96. The molecule has 1 rings (SSSR count). The van der Waals surface area contributed by atoms with Crippen LogP contribution >= 0.6 is 0 Å². The first-order valence-electron chi connectivity index (χ1n) is 5.01. The molecule has 0 amide bonds. The van der Waals surface area contributed by atoms with E-state index in [1.54, 1.807) is 17.2 Å². The molecule has 0 aliphatic carbocycles. The number of nitrogens with two attached hydrogens (primary N) is 1. The molecule has 1 aromatic rings. The van der Waals surface area contributed by atoms with Crippen molar-refractivity contribution in [3.63, 3.8) is 0 Å². The van der Waals surface area contributed by atoms with Crippen molar-refractivity contribution >= 4 is 5.69 Å². The van der Waals surface area contributed by atoms with E-state index in [2.05, 4.69) is 13.2 Å². The molecule has 0 bridgehead atoms. The number of hydrogen-bond acceptors (Lipinski definition) is 2. The monoisotopic (exact) mass is 212 g/mol. The zero-order valence-corrected chi connectivity index (χ0v) is 9.21. The number of allylic oxidation sites excluding steroid dienone is 5. The van der Waals surface area contributed by atoms with Gasteiger partial charge < -0.3 is 0 Å². The van der Waals surface area contributed by atoms with Crippen LogP contribution in [0.3, 0.4) is 0 Å². The van der Waals surface area contributed by atoms with Gasteiger partial charge in [-0.1, -0.05) is 49.6 Å². The Morgan fingerprint density at radius 2 is 1.81 bits per heavy atom. The van der Waals surface area contributed by atoms with Gasteiger partial charge in [-0.05, 0) is 24.3 Å². The molecule has 0 fully saturated rings. The minimum atomic E-state index is 0.848. The average molecular weight is 212 g/mol. The third kappa shape index (κ3) is 3.26. The van der Waals surface area contributed by atoms with Gasteiger partial charge in [-0.25, -0.2) is 5.84 Å². The standard InChI is InChI=1S/C14H16N2/c1-3-5-10-13(9-4-2)16(15)14-11-7-6-8-12-14/h3-12H,1-2,15H2/b10-5-,13-9+. The summed E-state index contributed by atoms with van der Waals surface area (Å²) in [5, 5.41) is 1.60. The van der Waals surface area contributed by atoms with Crippen LogP contribution < -0.4 is 10.9 Å². The van der Waals surface area contributed by atoms with Gasteiger partial charge in [0, 0.05) is 0 Å². The Hall–Kier alpha value is -2.06. The zero-order chi connectivity index (χ0) is 11.8. The number of para-hydroxylation sites is 1. The summed E-state index contributed by atoms with van der Waals surface area (Å²) in [6.45, 7) is 7.29. The van der Waals surface area contributed by atoms with Gasteiger partial charge in [0.2, 0.25) is 0 Å². The van der Waals surface area contributed by atoms with Crippen LogP contribution in [0.15, 0.2) is 79.6 Å². The first kappa shape index (κ1) is 12.0. The van der Waals surface area contributed by atoms with E-state index in [0.29, 0.717) is 0 Å². The maximum absolute atomic E-state index is 6.00. The normalized spacial score (nSPS) is 11.4. The van der Waals surface area contributed by atoms with E-state index in [1.165, 1.54) is 0 Å². The molecule has 0 saturated carbocycles. The topological polar surface area (TPSA) is 29.3 Å². The average Bonchev–Trinajstić information content (AvgIpc) is 2.35. The van der Waals surface area contributed by atoms with Gasteiger partial charge in [0.05, 0.1) is 11.4 Å². The van der Waals surface area contributed by atoms with Crippen molar-refractivity contribution in [3.05, 3.63) is 79.6 Å². The van der Waals surface area contributed by atoms with Gasteiger partial charge in [-0.15, -0.1) is 0 Å². The molecule has 0 unspecified atom stereocenters. The molecule has 1 aromatic carbocycles. The molecule has 16 heavy (non-hydrogen) atoms. The summed E-state index contributed by atoms with van der Waals surface area (Å²) >= 11 is 0. The van der Waals surface area contributed by atoms with Crippen LogP contribution in [0.5, 0.6) is 0 Å². The molecular weight excluding hydrogens is 196 g/mol. The molecule has 0 radical (unpaired) electrons. The quantitative estimate of drug-likeness (QED) is 0.461. The molecule has 2 heteroatoms. The lowest BCUT2D eigenvalue weighted by Gasteiger charge is -2.19. The number of hydrazine groups is 1. The second-order valence-corrected chi connectivity index (χ2v) is 3.13. The smallest absolute Gasteiger partial charge is 0.0575 e. The van der Waals surface area contributed by atoms with E-state index in [1.807, 2.05) is 48.6 Å². The van der Waals surface area contributed by atoms with Crippen LogP contribution in [0.4, 0.5) is 5.69 Å². The molecule has 0 heterocycles. The molecule has 0 saturated heterocycles. The number of nitrogens with zero attached hydrogens (tertiary/aromatic N) is 1. The summed E-state index contributed by atoms with van der Waals surface area (Å²) in [6, 6.07) is 9.72. The molecule has 0 aromatic heterocycles. The highest BCUT2D eigenvalue weighted by Gasteiger charge is 2.02. The van der Waals surface area contributed by atoms with E-state index in [-0.39, 0.29) is 0 Å². The highest BCUT2D eigenvalue weighted by Crippen LogP contribution is 2.15. The number of rotatable bonds is 5. The molecule has 2 N–H and O–H groups in total. The third-order valence-electron chi connectivity index (χ3n) is 2.00. The van der Waals surface area contributed by atoms with E-state index in [9.17, 15) is 0 Å². The SMILES string of the molecule is C=C/C=C\C(=C/C=C)N(N)c1ccccc1. The molecule has 0 aliphatic rings. The molecule has 0 atom stereocenters. The van der Waals surface area contributed by atoms with Gasteiger partial charge >= 0.3 is 0 Å². The molecule has 2 nitrogen and oxygen atoms in total. The van der Waals surface area contributed by atoms with Gasteiger partial charge in [0.15, 0.2) is 0 Å². The van der Waals surface area contributed by atoms with Crippen molar-refractivity contribution in [1.82, 2.24) is 0 Å². The van der Waals surface area contributed by atoms with Crippen LogP contribution in [0.25, 0.3) is 0 Å². The fourth-order valence-corrected chi connectivity index (χ4v) is 1.24. The fraction of sp³-hybridized carbons (Fsp3) is 0. The Morgan fingerprint density at radius 3 is 2.38 bits per heavy atom. The molecule has 0 spiro atoms. The maximum atomic E-state index is 6.00. The van der Waals surface area contributed by atoms with E-state index < -0.39 is 0 Å². The Labute approximate surface area is 96.7 Å². The van der Waals surface area contributed by atoms with E-state index >= 15 is 0 Å². The number of benzene rings is 1. The van der Waals surface area contributed by atoms with Gasteiger partial charge in [0.1, 0.15) is 0 Å². The molecule has 82 valence electrons. The summed E-state index contributed by atoms with van der Waals surface area (Å²) in [5.74, 6) is 6.00. The van der Waals surface area contributed by atoms with Crippen LogP contribution in [0, 0.1) is 0 Å². The lowest BCUT2D eigenvalue weighted by molar-refractivity contribution is 1.03. The second-order valence-electron chi connectivity index (χ2n) is 3.13. The first-order valence-corrected chi connectivity index (χ1v) is 5.01. The van der Waals surface area contributed by atoms with Crippen molar-refractivity contribution in [2.24, 2.45) is 5.84 Å². The predicted molar refractivity (Wildman–Crippen MR) is 70.7 cm³/mol. The molecule has 0 aliphatic heterocycles. The second kappa shape index (κ2) is 6.43. The highest BCUT2D eigenvalue weighted by atomic mass is 15.4. The van der Waals surface area contributed by atoms with Crippen molar-refractivity contribution in [1.29, 1.82) is 0 Å². The number of anilines is 1. The van der Waals surface area contributed by atoms with E-state index in [0.717, 1.165) is 11.4 Å². The minimum Gasteiger partial charge on any atom is -0.280 e. The zero-order valence-electron chi connectivity index (χ0n) is 9.21. The Morgan fingerprint density at radius 1 is 1.12 bits per heavy atom. The third-order valence-corrected chi connectivity index (χ3v) is 2.00. The fourth-order valence-electron chi connectivity index (χ4n) is 1.24. The van der Waals surface area contributed by atoms with Crippen molar-refractivity contribution < 1.29 is 0 Å². The molecular formula is C14H16N2. The van der Waals surface area contributed by atoms with Crippen molar-refractivity contribution in [3.8, 4) is 0 Å². The van der Waals surface area contributed by atoms with E-state index in [4.69, 9.17) is 5.84 Å². The maximum Gasteiger partial charge on any atom is 0.0575 e. The lowest BCUT2D eigenvalue weighted by Crippen LogP contribution is -2.28. The summed E-state index contributed by atoms with van der Waals surface area (Å²) in [5.41, 5.74) is 1.77. The lowest BCUT2D eigenvalue weighted by atomic mass is 10.2. The van der Waals surface area contributed by atoms with Crippen LogP contribution in [0.2, 0.25) is 0 Å². The van der Waals surface area contributed by atoms with Crippen LogP contribution in [-0.4, -0.2) is 0 Å². The summed E-state index contributed by atoms with van der Waals surface area (Å²) in [6.07, 6.45) is 8.95. The Bertz CT molecular complexity index is 402. The number of hydrogen-bond donors (Lipinski definition) is 1. The van der Waals surface area contributed by atoms with Crippen molar-refractivity contribution in [2.75, 3.05) is 5.01 Å². The Kier molecular flexibility index (Phi) is 4.83. The van der Waals surface area contributed by atoms with Gasteiger partial charge in [-0.2, -0.15) is 0 Å². The van der Waals surface area contributed by atoms with Gasteiger partial charge in [0.25, 0.3) is 0 Å². The largest absolute Gasteiger partial charge is 0.280 e. The first-order chi connectivity index (χ1) is 7.79. The summed E-state index contributed by atoms with van der Waals surface area (Å²) in [4.78, 5) is 0. The highest BCUT2D eigenvalue weighted by molar-refractivity contribution is 5.53. The predicted octanol–water partition coefficient (Wildman–Crippen LogP) is 3.18.